The maximum absolute atomic E-state index is 12.9. The number of furan rings is 1. The molecule has 0 atom stereocenters. The number of nitro groups is 1. The van der Waals surface area contributed by atoms with Crippen LogP contribution >= 0.6 is 11.3 Å². The fourth-order valence-electron chi connectivity index (χ4n) is 3.69. The topological polar surface area (TPSA) is 122 Å². The second kappa shape index (κ2) is 10.5. The van der Waals surface area contributed by atoms with Gasteiger partial charge in [0, 0.05) is 12.1 Å². The fourth-order valence-corrected chi connectivity index (χ4v) is 4.59. The van der Waals surface area contributed by atoms with Crippen LogP contribution in [0.3, 0.4) is 0 Å². The number of nitrogens with zero attached hydrogens (tertiary/aromatic N) is 4. The van der Waals surface area contributed by atoms with Crippen molar-refractivity contribution in [2.45, 2.75) is 0 Å². The first-order chi connectivity index (χ1) is 18.5. The molecule has 0 saturated heterocycles. The summed E-state index contributed by atoms with van der Waals surface area (Å²) in [6.07, 6.45) is 6.73. The number of fused-ring (bicyclic) bond motifs is 1. The molecule has 0 amide bonds. The molecule has 190 valence electrons. The Morgan fingerprint density at radius 1 is 1.16 bits per heavy atom. The van der Waals surface area contributed by atoms with Gasteiger partial charge in [-0.1, -0.05) is 48.3 Å². The Morgan fingerprint density at radius 3 is 2.76 bits per heavy atom. The van der Waals surface area contributed by atoms with Gasteiger partial charge in [0.25, 0.3) is 11.2 Å². The van der Waals surface area contributed by atoms with E-state index in [0.717, 1.165) is 16.9 Å². The van der Waals surface area contributed by atoms with Crippen LogP contribution in [0.25, 0.3) is 34.5 Å². The van der Waals surface area contributed by atoms with Crippen LogP contribution in [0.2, 0.25) is 0 Å². The Labute approximate surface area is 219 Å². The zero-order valence-corrected chi connectivity index (χ0v) is 20.9. The molecule has 0 unspecified atom stereocenters. The number of hydrogen-bond acceptors (Lipinski definition) is 9. The van der Waals surface area contributed by atoms with Crippen LogP contribution in [0.5, 0.6) is 11.5 Å². The first kappa shape index (κ1) is 24.7. The lowest BCUT2D eigenvalue weighted by molar-refractivity contribution is -0.384. The zero-order chi connectivity index (χ0) is 26.6. The predicted molar refractivity (Wildman–Crippen MR) is 144 cm³/mol. The van der Waals surface area contributed by atoms with E-state index in [4.69, 9.17) is 13.9 Å². The van der Waals surface area contributed by atoms with Crippen LogP contribution < -0.4 is 19.6 Å². The molecular weight excluding hydrogens is 508 g/mol. The molecule has 0 fully saturated rings. The van der Waals surface area contributed by atoms with Crippen molar-refractivity contribution in [2.75, 3.05) is 13.7 Å². The van der Waals surface area contributed by atoms with Crippen LogP contribution in [-0.4, -0.2) is 33.2 Å². The summed E-state index contributed by atoms with van der Waals surface area (Å²) in [5.41, 5.74) is 0.795. The average Bonchev–Trinajstić information content (AvgIpc) is 3.63. The Balaban J connectivity index is 1.39. The van der Waals surface area contributed by atoms with Gasteiger partial charge >= 0.3 is 0 Å². The molecule has 0 N–H and O–H groups in total. The summed E-state index contributed by atoms with van der Waals surface area (Å²) in [6.45, 7) is 4.01. The summed E-state index contributed by atoms with van der Waals surface area (Å²) in [6, 6.07) is 15.1. The van der Waals surface area contributed by atoms with E-state index in [1.54, 1.807) is 61.7 Å². The molecule has 0 radical (unpaired) electrons. The van der Waals surface area contributed by atoms with Crippen molar-refractivity contribution in [3.05, 3.63) is 109 Å². The minimum atomic E-state index is -0.465. The van der Waals surface area contributed by atoms with Crippen LogP contribution in [0.1, 0.15) is 17.1 Å². The largest absolute Gasteiger partial charge is 0.493 e. The maximum atomic E-state index is 12.9. The van der Waals surface area contributed by atoms with Gasteiger partial charge in [0.1, 0.15) is 22.7 Å². The predicted octanol–water partition coefficient (Wildman–Crippen LogP) is 4.61. The third kappa shape index (κ3) is 4.95. The van der Waals surface area contributed by atoms with Gasteiger partial charge in [-0.05, 0) is 42.0 Å². The second-order valence-corrected chi connectivity index (χ2v) is 8.91. The van der Waals surface area contributed by atoms with Gasteiger partial charge in [0.05, 0.1) is 17.6 Å². The Morgan fingerprint density at radius 2 is 2.00 bits per heavy atom. The third-order valence-corrected chi connectivity index (χ3v) is 6.39. The average molecular weight is 529 g/mol. The van der Waals surface area contributed by atoms with Crippen molar-refractivity contribution in [1.29, 1.82) is 0 Å². The van der Waals surface area contributed by atoms with Crippen LogP contribution in [-0.2, 0) is 0 Å². The first-order valence-corrected chi connectivity index (χ1v) is 12.1. The van der Waals surface area contributed by atoms with E-state index in [1.165, 1.54) is 10.6 Å². The highest BCUT2D eigenvalue weighted by Gasteiger charge is 2.17. The Hall–Kier alpha value is -5.03. The molecule has 5 rings (SSSR count). The number of nitro benzene ring substituents is 1. The van der Waals surface area contributed by atoms with E-state index < -0.39 is 4.92 Å². The highest BCUT2D eigenvalue weighted by molar-refractivity contribution is 7.15. The number of ether oxygens (including phenoxy) is 2. The number of hydrogen-bond donors (Lipinski definition) is 0. The smallest absolute Gasteiger partial charge is 0.291 e. The lowest BCUT2D eigenvalue weighted by Gasteiger charge is -2.09. The van der Waals surface area contributed by atoms with Gasteiger partial charge < -0.3 is 13.9 Å². The number of para-hydroxylation sites is 1. The van der Waals surface area contributed by atoms with Crippen molar-refractivity contribution in [1.82, 2.24) is 14.6 Å². The standard InChI is InChI=1S/C27H20N4O6S/c1-3-14-36-22-11-8-17(15-23(22)35-2)9-13-25-28-27-30(29-25)26(32)24(38-27)16-18-10-12-21(37-18)19-6-4-5-7-20(19)31(33)34/h3-13,15-16H,1,14H2,2H3/b13-9+,24-16-. The van der Waals surface area contributed by atoms with Crippen molar-refractivity contribution < 1.29 is 18.8 Å². The second-order valence-electron chi connectivity index (χ2n) is 7.90. The lowest BCUT2D eigenvalue weighted by atomic mass is 10.1. The summed E-state index contributed by atoms with van der Waals surface area (Å²) in [4.78, 5) is 28.6. The molecule has 0 saturated carbocycles. The van der Waals surface area contributed by atoms with E-state index in [-0.39, 0.29) is 11.2 Å². The summed E-state index contributed by atoms with van der Waals surface area (Å²) in [5.74, 6) is 2.28. The molecular formula is C27H20N4O6S. The monoisotopic (exact) mass is 528 g/mol. The summed E-state index contributed by atoms with van der Waals surface area (Å²) in [7, 11) is 1.56. The van der Waals surface area contributed by atoms with Crippen LogP contribution in [0.4, 0.5) is 5.69 Å². The molecule has 10 nitrogen and oxygen atoms in total. The molecule has 0 aliphatic carbocycles. The zero-order valence-electron chi connectivity index (χ0n) is 20.1. The molecule has 3 heterocycles. The summed E-state index contributed by atoms with van der Waals surface area (Å²) in [5, 5.41) is 15.6. The van der Waals surface area contributed by atoms with Gasteiger partial charge in [-0.15, -0.1) is 5.10 Å². The highest BCUT2D eigenvalue weighted by atomic mass is 32.1. The van der Waals surface area contributed by atoms with E-state index in [1.807, 2.05) is 18.2 Å². The SMILES string of the molecule is C=CCOc1ccc(/C=C/c2nc3s/c(=C\c4ccc(-c5ccccc5[N+](=O)[O-])o4)c(=O)n3n2)cc1OC. The highest BCUT2D eigenvalue weighted by Crippen LogP contribution is 2.31. The minimum absolute atomic E-state index is 0.0623. The molecule has 38 heavy (non-hydrogen) atoms. The minimum Gasteiger partial charge on any atom is -0.493 e. The van der Waals surface area contributed by atoms with Crippen molar-refractivity contribution >= 4 is 40.2 Å². The van der Waals surface area contributed by atoms with E-state index in [0.29, 0.717) is 50.5 Å². The molecule has 11 heteroatoms. The van der Waals surface area contributed by atoms with Gasteiger partial charge in [0.15, 0.2) is 17.3 Å². The molecule has 0 aliphatic heterocycles. The van der Waals surface area contributed by atoms with Crippen molar-refractivity contribution in [3.63, 3.8) is 0 Å². The van der Waals surface area contributed by atoms with E-state index in [2.05, 4.69) is 16.7 Å². The van der Waals surface area contributed by atoms with Gasteiger partial charge in [-0.2, -0.15) is 9.50 Å². The first-order valence-electron chi connectivity index (χ1n) is 11.3. The van der Waals surface area contributed by atoms with Gasteiger partial charge in [-0.3, -0.25) is 14.9 Å². The van der Waals surface area contributed by atoms with Gasteiger partial charge in [0.2, 0.25) is 4.96 Å². The molecule has 5 aromatic rings. The molecule has 0 aliphatic rings. The van der Waals surface area contributed by atoms with Crippen LogP contribution in [0, 0.1) is 10.1 Å². The summed E-state index contributed by atoms with van der Waals surface area (Å²) < 4.78 is 18.3. The fraction of sp³-hybridized carbons (Fsp3) is 0.0741. The number of thiazole rings is 1. The Kier molecular flexibility index (Phi) is 6.83. The lowest BCUT2D eigenvalue weighted by Crippen LogP contribution is -2.23. The van der Waals surface area contributed by atoms with E-state index in [9.17, 15) is 14.9 Å². The normalized spacial score (nSPS) is 11.9. The van der Waals surface area contributed by atoms with Crippen molar-refractivity contribution in [3.8, 4) is 22.8 Å². The van der Waals surface area contributed by atoms with Gasteiger partial charge in [-0.25, -0.2) is 0 Å². The number of benzene rings is 2. The van der Waals surface area contributed by atoms with Crippen molar-refractivity contribution in [2.24, 2.45) is 0 Å². The van der Waals surface area contributed by atoms with E-state index >= 15 is 0 Å². The Bertz CT molecular complexity index is 1800. The quantitative estimate of drug-likeness (QED) is 0.154. The van der Waals surface area contributed by atoms with Crippen LogP contribution in [0.15, 0.2) is 76.5 Å². The molecule has 0 spiro atoms. The number of rotatable bonds is 9. The number of methoxy groups -OCH3 is 1. The third-order valence-electron chi connectivity index (χ3n) is 5.43. The molecule has 2 aromatic carbocycles. The molecule has 3 aromatic heterocycles. The number of aromatic nitrogens is 3. The maximum Gasteiger partial charge on any atom is 0.291 e. The summed E-state index contributed by atoms with van der Waals surface area (Å²) >= 11 is 1.16. The molecule has 0 bridgehead atoms.